The van der Waals surface area contributed by atoms with Crippen LogP contribution in [-0.4, -0.2) is 58.8 Å². The van der Waals surface area contributed by atoms with Crippen LogP contribution in [0.3, 0.4) is 0 Å². The first-order valence-corrected chi connectivity index (χ1v) is 14.4. The second-order valence-corrected chi connectivity index (χ2v) is 12.0. The molecule has 1 N–H and O–H groups in total. The molecule has 5 rings (SSSR count). The lowest BCUT2D eigenvalue weighted by atomic mass is 9.93. The summed E-state index contributed by atoms with van der Waals surface area (Å²) >= 11 is 15.1. The second-order valence-electron chi connectivity index (χ2n) is 8.92. The quantitative estimate of drug-likeness (QED) is 0.222. The first-order chi connectivity index (χ1) is 17.9. The molecule has 1 aliphatic carbocycles. The Morgan fingerprint density at radius 1 is 1.24 bits per heavy atom. The summed E-state index contributed by atoms with van der Waals surface area (Å²) in [5.41, 5.74) is 3.84. The molecule has 12 heteroatoms. The summed E-state index contributed by atoms with van der Waals surface area (Å²) in [5.74, 6) is 0.160. The molecule has 37 heavy (non-hydrogen) atoms. The first kappa shape index (κ1) is 26.4. The van der Waals surface area contributed by atoms with Crippen LogP contribution in [0.5, 0.6) is 0 Å². The number of aryl methyl sites for hydroxylation is 2. The molecular formula is C25H24Cl2N4O4S2. The van der Waals surface area contributed by atoms with Crippen LogP contribution in [0.4, 0.5) is 5.69 Å². The van der Waals surface area contributed by atoms with Gasteiger partial charge >= 0.3 is 0 Å². The molecule has 0 saturated carbocycles. The minimum Gasteiger partial charge on any atom is -0.374 e. The van der Waals surface area contributed by atoms with E-state index in [0.717, 1.165) is 57.5 Å². The van der Waals surface area contributed by atoms with Gasteiger partial charge in [0.05, 0.1) is 39.1 Å². The van der Waals surface area contributed by atoms with Gasteiger partial charge in [-0.2, -0.15) is 0 Å². The van der Waals surface area contributed by atoms with Crippen molar-refractivity contribution in [2.45, 2.75) is 29.8 Å². The molecule has 1 atom stereocenters. The Bertz CT molecular complexity index is 1340. The van der Waals surface area contributed by atoms with Crippen molar-refractivity contribution >= 4 is 57.9 Å². The van der Waals surface area contributed by atoms with E-state index >= 15 is 0 Å². The van der Waals surface area contributed by atoms with Crippen molar-refractivity contribution in [3.63, 3.8) is 0 Å². The number of thioether (sulfide) groups is 1. The van der Waals surface area contributed by atoms with Crippen molar-refractivity contribution in [2.75, 3.05) is 32.0 Å². The van der Waals surface area contributed by atoms with Crippen LogP contribution in [0.1, 0.15) is 16.0 Å². The predicted molar refractivity (Wildman–Crippen MR) is 147 cm³/mol. The van der Waals surface area contributed by atoms with Gasteiger partial charge in [0.1, 0.15) is 0 Å². The highest BCUT2D eigenvalue weighted by atomic mass is 35.5. The molecular weight excluding hydrogens is 555 g/mol. The van der Waals surface area contributed by atoms with Crippen LogP contribution in [0.15, 0.2) is 40.7 Å². The molecule has 1 aliphatic heterocycles. The number of nitrogens with one attached hydrogen (secondary N) is 1. The highest BCUT2D eigenvalue weighted by Crippen LogP contribution is 2.40. The van der Waals surface area contributed by atoms with Gasteiger partial charge in [0, 0.05) is 48.8 Å². The molecule has 2 aromatic carbocycles. The third kappa shape index (κ3) is 6.45. The zero-order chi connectivity index (χ0) is 25.9. The molecule has 2 aliphatic rings. The number of halogens is 2. The number of benzene rings is 2. The molecule has 194 valence electrons. The molecule has 1 aromatic heterocycles. The number of nitro groups is 1. The maximum atomic E-state index is 12.5. The summed E-state index contributed by atoms with van der Waals surface area (Å²) in [6.45, 7) is 3.28. The molecule has 1 saturated heterocycles. The van der Waals surface area contributed by atoms with Crippen LogP contribution in [0.25, 0.3) is 11.3 Å². The first-order valence-electron chi connectivity index (χ1n) is 11.8. The molecule has 1 amide bonds. The van der Waals surface area contributed by atoms with E-state index in [9.17, 15) is 14.9 Å². The largest absolute Gasteiger partial charge is 0.374 e. The van der Waals surface area contributed by atoms with Crippen molar-refractivity contribution in [2.24, 2.45) is 0 Å². The fraction of sp³-hybridized carbons (Fsp3) is 0.360. The highest BCUT2D eigenvalue weighted by Gasteiger charge is 2.24. The zero-order valence-electron chi connectivity index (χ0n) is 19.7. The van der Waals surface area contributed by atoms with E-state index < -0.39 is 0 Å². The maximum absolute atomic E-state index is 12.5. The van der Waals surface area contributed by atoms with Crippen molar-refractivity contribution in [1.29, 1.82) is 0 Å². The minimum atomic E-state index is -0.385. The third-order valence-electron chi connectivity index (χ3n) is 6.33. The van der Waals surface area contributed by atoms with E-state index in [4.69, 9.17) is 32.9 Å². The number of fused-ring (bicyclic) bond motifs is 3. The Labute approximate surface area is 232 Å². The molecule has 0 bridgehead atoms. The lowest BCUT2D eigenvalue weighted by molar-refractivity contribution is -0.384. The van der Waals surface area contributed by atoms with E-state index in [0.29, 0.717) is 29.7 Å². The standard InChI is InChI=1S/C25H24Cl2N4O4S2/c26-20-5-1-15(9-21(20)27)12-30-7-8-35-18(13-30)11-28-23(32)14-36-25-29-24-19-10-17(31(33)34)4-2-16(19)3-6-22(24)37-25/h1-2,4-5,9-10,18H,3,6-8,11-14H2,(H,28,32). The number of aromatic nitrogens is 1. The number of morpholine rings is 1. The monoisotopic (exact) mass is 578 g/mol. The number of hydrogen-bond donors (Lipinski definition) is 1. The van der Waals surface area contributed by atoms with E-state index in [1.807, 2.05) is 18.2 Å². The third-order valence-corrected chi connectivity index (χ3v) is 9.32. The Hall–Kier alpha value is -2.21. The van der Waals surface area contributed by atoms with E-state index in [1.54, 1.807) is 29.5 Å². The van der Waals surface area contributed by atoms with Gasteiger partial charge in [0.15, 0.2) is 4.34 Å². The molecule has 2 heterocycles. The predicted octanol–water partition coefficient (Wildman–Crippen LogP) is 5.23. The van der Waals surface area contributed by atoms with E-state index in [2.05, 4.69) is 10.2 Å². The fourth-order valence-electron chi connectivity index (χ4n) is 4.49. The van der Waals surface area contributed by atoms with Crippen molar-refractivity contribution in [3.05, 3.63) is 72.6 Å². The number of ether oxygens (including phenoxy) is 1. The lowest BCUT2D eigenvalue weighted by Gasteiger charge is -2.33. The smallest absolute Gasteiger partial charge is 0.270 e. The van der Waals surface area contributed by atoms with Gasteiger partial charge in [-0.15, -0.1) is 11.3 Å². The number of nitro benzene ring substituents is 1. The van der Waals surface area contributed by atoms with Gasteiger partial charge in [0.25, 0.3) is 5.69 Å². The van der Waals surface area contributed by atoms with Gasteiger partial charge in [-0.05, 0) is 36.1 Å². The van der Waals surface area contributed by atoms with Crippen LogP contribution < -0.4 is 5.32 Å². The Morgan fingerprint density at radius 3 is 2.92 bits per heavy atom. The zero-order valence-corrected chi connectivity index (χ0v) is 22.9. The van der Waals surface area contributed by atoms with Gasteiger partial charge in [-0.1, -0.05) is 47.1 Å². The Balaban J connectivity index is 1.11. The molecule has 8 nitrogen and oxygen atoms in total. The Morgan fingerprint density at radius 2 is 2.11 bits per heavy atom. The van der Waals surface area contributed by atoms with Crippen molar-refractivity contribution in [3.8, 4) is 11.3 Å². The average molecular weight is 580 g/mol. The second kappa shape index (κ2) is 11.7. The summed E-state index contributed by atoms with van der Waals surface area (Å²) < 4.78 is 6.64. The Kier molecular flexibility index (Phi) is 8.33. The average Bonchev–Trinajstić information content (AvgIpc) is 3.32. The van der Waals surface area contributed by atoms with Crippen molar-refractivity contribution < 1.29 is 14.5 Å². The summed E-state index contributed by atoms with van der Waals surface area (Å²) in [7, 11) is 0. The number of non-ortho nitro benzene ring substituents is 1. The van der Waals surface area contributed by atoms with Crippen LogP contribution in [0.2, 0.25) is 10.0 Å². The topological polar surface area (TPSA) is 97.6 Å². The van der Waals surface area contributed by atoms with Gasteiger partial charge in [-0.25, -0.2) is 4.98 Å². The number of hydrogen-bond acceptors (Lipinski definition) is 8. The van der Waals surface area contributed by atoms with Gasteiger partial charge in [-0.3, -0.25) is 19.8 Å². The molecule has 0 radical (unpaired) electrons. The fourth-order valence-corrected chi connectivity index (χ4v) is 6.84. The summed E-state index contributed by atoms with van der Waals surface area (Å²) in [5, 5.41) is 15.3. The van der Waals surface area contributed by atoms with Gasteiger partial charge < -0.3 is 10.1 Å². The van der Waals surface area contributed by atoms with E-state index in [1.165, 1.54) is 11.8 Å². The number of carbonyl (C=O) groups is 1. The van der Waals surface area contributed by atoms with Crippen LogP contribution in [-0.2, 0) is 28.9 Å². The number of amides is 1. The highest BCUT2D eigenvalue weighted by molar-refractivity contribution is 8.01. The number of nitrogens with zero attached hydrogens (tertiary/aromatic N) is 3. The van der Waals surface area contributed by atoms with E-state index in [-0.39, 0.29) is 28.4 Å². The maximum Gasteiger partial charge on any atom is 0.270 e. The number of carbonyl (C=O) groups excluding carboxylic acids is 1. The van der Waals surface area contributed by atoms with Crippen LogP contribution >= 0.6 is 46.3 Å². The lowest BCUT2D eigenvalue weighted by Crippen LogP contribution is -2.47. The van der Waals surface area contributed by atoms with Crippen LogP contribution in [0, 0.1) is 10.1 Å². The molecule has 1 unspecified atom stereocenters. The summed E-state index contributed by atoms with van der Waals surface area (Å²) in [6.07, 6.45) is 1.59. The van der Waals surface area contributed by atoms with Gasteiger partial charge in [0.2, 0.25) is 5.91 Å². The molecule has 3 aromatic rings. The molecule has 0 spiro atoms. The minimum absolute atomic E-state index is 0.0636. The van der Waals surface area contributed by atoms with Crippen molar-refractivity contribution in [1.82, 2.24) is 15.2 Å². The number of thiazole rings is 1. The summed E-state index contributed by atoms with van der Waals surface area (Å²) in [4.78, 5) is 31.4. The number of rotatable bonds is 8. The molecule has 1 fully saturated rings. The normalized spacial score (nSPS) is 17.2. The summed E-state index contributed by atoms with van der Waals surface area (Å²) in [6, 6.07) is 10.6. The SMILES string of the molecule is O=C(CSc1nc2c(s1)CCc1ccc([N+](=O)[O-])cc1-2)NCC1CN(Cc2ccc(Cl)c(Cl)c2)CCO1.